The van der Waals surface area contributed by atoms with Crippen molar-refractivity contribution in [3.05, 3.63) is 36.7 Å². The Morgan fingerprint density at radius 3 is 3.00 bits per heavy atom. The van der Waals surface area contributed by atoms with E-state index >= 15 is 0 Å². The number of hydrogen-bond acceptors (Lipinski definition) is 3. The van der Waals surface area contributed by atoms with Crippen LogP contribution >= 0.6 is 0 Å². The molecule has 1 aliphatic heterocycles. The first-order valence-corrected chi connectivity index (χ1v) is 6.56. The van der Waals surface area contributed by atoms with E-state index in [0.29, 0.717) is 6.54 Å². The molecule has 0 bridgehead atoms. The largest absolute Gasteiger partial charge is 0.481 e. The highest BCUT2D eigenvalue weighted by Crippen LogP contribution is 2.29. The lowest BCUT2D eigenvalue weighted by Gasteiger charge is -2.33. The second kappa shape index (κ2) is 4.88. The molecule has 1 fully saturated rings. The van der Waals surface area contributed by atoms with Crippen LogP contribution in [0.15, 0.2) is 36.7 Å². The monoisotopic (exact) mass is 256 g/mol. The second-order valence-electron chi connectivity index (χ2n) is 5.00. The molecule has 1 N–H and O–H groups in total. The molecule has 0 spiro atoms. The van der Waals surface area contributed by atoms with Crippen LogP contribution in [-0.4, -0.2) is 29.1 Å². The second-order valence-corrected chi connectivity index (χ2v) is 5.00. The number of aliphatic carboxylic acids is 1. The SMILES string of the molecule is O=C(O)C1CCCN(c2cncc3ccccc23)C1. The Morgan fingerprint density at radius 2 is 2.16 bits per heavy atom. The van der Waals surface area contributed by atoms with E-state index in [2.05, 4.69) is 16.0 Å². The van der Waals surface area contributed by atoms with E-state index in [1.807, 2.05) is 30.6 Å². The van der Waals surface area contributed by atoms with Crippen molar-refractivity contribution in [1.29, 1.82) is 0 Å². The molecule has 0 radical (unpaired) electrons. The molecule has 19 heavy (non-hydrogen) atoms. The fraction of sp³-hybridized carbons (Fsp3) is 0.333. The molecule has 0 amide bonds. The number of benzene rings is 1. The summed E-state index contributed by atoms with van der Waals surface area (Å²) in [4.78, 5) is 17.6. The maximum absolute atomic E-state index is 11.2. The molecule has 1 aromatic carbocycles. The van der Waals surface area contributed by atoms with Crippen molar-refractivity contribution in [2.75, 3.05) is 18.0 Å². The predicted molar refractivity (Wildman–Crippen MR) is 74.3 cm³/mol. The summed E-state index contributed by atoms with van der Waals surface area (Å²) in [7, 11) is 0. The zero-order chi connectivity index (χ0) is 13.2. The number of nitrogens with zero attached hydrogens (tertiary/aromatic N) is 2. The molecule has 0 saturated carbocycles. The van der Waals surface area contributed by atoms with Gasteiger partial charge in [-0.15, -0.1) is 0 Å². The van der Waals surface area contributed by atoms with Crippen LogP contribution in [0.4, 0.5) is 5.69 Å². The van der Waals surface area contributed by atoms with E-state index in [9.17, 15) is 9.90 Å². The number of fused-ring (bicyclic) bond motifs is 1. The van der Waals surface area contributed by atoms with E-state index in [1.54, 1.807) is 0 Å². The van der Waals surface area contributed by atoms with Crippen LogP contribution in [0.1, 0.15) is 12.8 Å². The molecule has 98 valence electrons. The van der Waals surface area contributed by atoms with E-state index in [1.165, 1.54) is 0 Å². The summed E-state index contributed by atoms with van der Waals surface area (Å²) >= 11 is 0. The highest BCUT2D eigenvalue weighted by molar-refractivity contribution is 5.93. The summed E-state index contributed by atoms with van der Waals surface area (Å²) in [5.74, 6) is -0.967. The lowest BCUT2D eigenvalue weighted by Crippen LogP contribution is -2.38. The fourth-order valence-electron chi connectivity index (χ4n) is 2.75. The summed E-state index contributed by atoms with van der Waals surface area (Å²) in [6.07, 6.45) is 5.37. The number of carboxylic acid groups (broad SMARTS) is 1. The molecule has 1 aliphatic rings. The Kier molecular flexibility index (Phi) is 3.07. The molecule has 1 saturated heterocycles. The Balaban J connectivity index is 1.97. The third-order valence-electron chi connectivity index (χ3n) is 3.76. The molecule has 4 heteroatoms. The highest BCUT2D eigenvalue weighted by Gasteiger charge is 2.26. The van der Waals surface area contributed by atoms with E-state index in [0.717, 1.165) is 35.8 Å². The minimum absolute atomic E-state index is 0.271. The lowest BCUT2D eigenvalue weighted by molar-refractivity contribution is -0.141. The summed E-state index contributed by atoms with van der Waals surface area (Å²) in [6.45, 7) is 1.48. The van der Waals surface area contributed by atoms with Gasteiger partial charge in [0.05, 0.1) is 17.8 Å². The number of aromatic nitrogens is 1. The third kappa shape index (κ3) is 2.26. The summed E-state index contributed by atoms with van der Waals surface area (Å²) in [5.41, 5.74) is 1.05. The zero-order valence-corrected chi connectivity index (χ0v) is 10.6. The van der Waals surface area contributed by atoms with Gasteiger partial charge in [-0.1, -0.05) is 24.3 Å². The van der Waals surface area contributed by atoms with Crippen LogP contribution in [0.2, 0.25) is 0 Å². The van der Waals surface area contributed by atoms with Crippen molar-refractivity contribution in [3.8, 4) is 0 Å². The van der Waals surface area contributed by atoms with Crippen LogP contribution in [0.3, 0.4) is 0 Å². The van der Waals surface area contributed by atoms with Crippen molar-refractivity contribution in [1.82, 2.24) is 4.98 Å². The standard InChI is InChI=1S/C15H16N2O2/c18-15(19)12-5-3-7-17(10-12)14-9-16-8-11-4-1-2-6-13(11)14/h1-2,4,6,8-9,12H,3,5,7,10H2,(H,18,19). The number of hydrogen-bond donors (Lipinski definition) is 1. The molecule has 1 unspecified atom stereocenters. The molecule has 1 aromatic heterocycles. The number of carboxylic acids is 1. The van der Waals surface area contributed by atoms with Gasteiger partial charge in [-0.3, -0.25) is 9.78 Å². The molecule has 3 rings (SSSR count). The lowest BCUT2D eigenvalue weighted by atomic mass is 9.97. The van der Waals surface area contributed by atoms with Gasteiger partial charge in [0.2, 0.25) is 0 Å². The van der Waals surface area contributed by atoms with Gasteiger partial charge in [-0.05, 0) is 12.8 Å². The summed E-state index contributed by atoms with van der Waals surface area (Å²) in [6, 6.07) is 8.09. The van der Waals surface area contributed by atoms with Crippen LogP contribution in [-0.2, 0) is 4.79 Å². The molecule has 4 nitrogen and oxygen atoms in total. The summed E-state index contributed by atoms with van der Waals surface area (Å²) in [5, 5.41) is 11.4. The average molecular weight is 256 g/mol. The first-order chi connectivity index (χ1) is 9.25. The van der Waals surface area contributed by atoms with Crippen LogP contribution in [0, 0.1) is 5.92 Å². The smallest absolute Gasteiger partial charge is 0.308 e. The number of rotatable bonds is 2. The van der Waals surface area contributed by atoms with Crippen molar-refractivity contribution in [3.63, 3.8) is 0 Å². The molecular weight excluding hydrogens is 240 g/mol. The van der Waals surface area contributed by atoms with Crippen LogP contribution in [0.5, 0.6) is 0 Å². The highest BCUT2D eigenvalue weighted by atomic mass is 16.4. The quantitative estimate of drug-likeness (QED) is 0.897. The Labute approximate surface area is 111 Å². The van der Waals surface area contributed by atoms with Gasteiger partial charge in [0.15, 0.2) is 0 Å². The zero-order valence-electron chi connectivity index (χ0n) is 10.6. The Bertz CT molecular complexity index is 607. The minimum atomic E-state index is -0.696. The topological polar surface area (TPSA) is 53.4 Å². The van der Waals surface area contributed by atoms with Crippen molar-refractivity contribution in [2.24, 2.45) is 5.92 Å². The molecular formula is C15H16N2O2. The van der Waals surface area contributed by atoms with Crippen LogP contribution < -0.4 is 4.90 Å². The fourth-order valence-corrected chi connectivity index (χ4v) is 2.75. The minimum Gasteiger partial charge on any atom is -0.481 e. The predicted octanol–water partition coefficient (Wildman–Crippen LogP) is 2.54. The van der Waals surface area contributed by atoms with Gasteiger partial charge < -0.3 is 10.0 Å². The number of carbonyl (C=O) groups is 1. The Hall–Kier alpha value is -2.10. The van der Waals surface area contributed by atoms with Crippen molar-refractivity contribution in [2.45, 2.75) is 12.8 Å². The first kappa shape index (κ1) is 12.0. The first-order valence-electron chi connectivity index (χ1n) is 6.56. The van der Waals surface area contributed by atoms with Gasteiger partial charge in [0, 0.05) is 30.1 Å². The van der Waals surface area contributed by atoms with E-state index < -0.39 is 5.97 Å². The normalized spacial score (nSPS) is 19.6. The van der Waals surface area contributed by atoms with Gasteiger partial charge in [-0.2, -0.15) is 0 Å². The van der Waals surface area contributed by atoms with Crippen LogP contribution in [0.25, 0.3) is 10.8 Å². The average Bonchev–Trinajstić information content (AvgIpc) is 2.47. The summed E-state index contributed by atoms with van der Waals surface area (Å²) < 4.78 is 0. The maximum atomic E-state index is 11.2. The van der Waals surface area contributed by atoms with Gasteiger partial charge >= 0.3 is 5.97 Å². The van der Waals surface area contributed by atoms with E-state index in [-0.39, 0.29) is 5.92 Å². The Morgan fingerprint density at radius 1 is 1.32 bits per heavy atom. The van der Waals surface area contributed by atoms with Gasteiger partial charge in [0.25, 0.3) is 0 Å². The van der Waals surface area contributed by atoms with E-state index in [4.69, 9.17) is 0 Å². The van der Waals surface area contributed by atoms with Crippen molar-refractivity contribution >= 4 is 22.4 Å². The molecule has 1 atom stereocenters. The molecule has 2 heterocycles. The maximum Gasteiger partial charge on any atom is 0.308 e. The number of anilines is 1. The van der Waals surface area contributed by atoms with Gasteiger partial charge in [-0.25, -0.2) is 0 Å². The van der Waals surface area contributed by atoms with Crippen molar-refractivity contribution < 1.29 is 9.90 Å². The number of pyridine rings is 1. The third-order valence-corrected chi connectivity index (χ3v) is 3.76. The van der Waals surface area contributed by atoms with Gasteiger partial charge in [0.1, 0.15) is 0 Å². The molecule has 2 aromatic rings. The molecule has 0 aliphatic carbocycles. The number of piperidine rings is 1.